The summed E-state index contributed by atoms with van der Waals surface area (Å²) in [5, 5.41) is 11.4. The Hall–Kier alpha value is -1.41. The fraction of sp³-hybridized carbons (Fsp3) is 0.571. The van der Waals surface area contributed by atoms with Gasteiger partial charge in [0.25, 0.3) is 0 Å². The molecule has 0 spiro atoms. The Morgan fingerprint density at radius 3 is 2.04 bits per heavy atom. The average Bonchev–Trinajstić information content (AvgIpc) is 2.55. The first-order valence-corrected chi connectivity index (χ1v) is 8.66. The Morgan fingerprint density at radius 2 is 1.57 bits per heavy atom. The molecule has 4 atom stereocenters. The van der Waals surface area contributed by atoms with E-state index in [1.165, 1.54) is 11.1 Å². The molecule has 2 heteroatoms. The number of hydrogen-bond acceptors (Lipinski definition) is 2. The molecule has 2 rings (SSSR count). The molecule has 0 fully saturated rings. The van der Waals surface area contributed by atoms with Gasteiger partial charge < -0.3 is 5.11 Å². The molecule has 126 valence electrons. The molecule has 0 aliphatic heterocycles. The Labute approximate surface area is 140 Å². The molecule has 1 aromatic carbocycles. The summed E-state index contributed by atoms with van der Waals surface area (Å²) >= 11 is 0. The van der Waals surface area contributed by atoms with Crippen LogP contribution < -0.4 is 0 Å². The second-order valence-electron chi connectivity index (χ2n) is 7.60. The normalized spacial score (nSPS) is 31.6. The van der Waals surface area contributed by atoms with E-state index in [0.717, 1.165) is 5.57 Å². The lowest BCUT2D eigenvalue weighted by Gasteiger charge is -2.46. The molecule has 1 aliphatic carbocycles. The molecule has 0 saturated heterocycles. The minimum Gasteiger partial charge on any atom is -0.381 e. The van der Waals surface area contributed by atoms with E-state index >= 15 is 0 Å². The summed E-state index contributed by atoms with van der Waals surface area (Å²) in [5.41, 5.74) is 2.93. The lowest BCUT2D eigenvalue weighted by atomic mass is 9.61. The number of Topliss-reactive ketones (excluding diaryl/α,β-unsaturated/α-hetero) is 1. The van der Waals surface area contributed by atoms with Crippen molar-refractivity contribution in [2.24, 2.45) is 17.8 Å². The van der Waals surface area contributed by atoms with Gasteiger partial charge in [-0.05, 0) is 37.2 Å². The first kappa shape index (κ1) is 17.9. The van der Waals surface area contributed by atoms with Crippen LogP contribution in [0.5, 0.6) is 0 Å². The van der Waals surface area contributed by atoms with Gasteiger partial charge in [0.1, 0.15) is 5.60 Å². The van der Waals surface area contributed by atoms with Crippen LogP contribution in [0.4, 0.5) is 0 Å². The SMILES string of the molecule is CC1=C(C)C(C)C(O)(C(=O)c2ccc(C(C)C)cc2)C(C)C1C. The van der Waals surface area contributed by atoms with E-state index in [-0.39, 0.29) is 23.5 Å². The highest BCUT2D eigenvalue weighted by molar-refractivity contribution is 6.03. The highest BCUT2D eigenvalue weighted by atomic mass is 16.3. The van der Waals surface area contributed by atoms with E-state index in [1.54, 1.807) is 0 Å². The van der Waals surface area contributed by atoms with Gasteiger partial charge in [0.05, 0.1) is 0 Å². The van der Waals surface area contributed by atoms with Gasteiger partial charge in [-0.1, -0.05) is 70.0 Å². The quantitative estimate of drug-likeness (QED) is 0.631. The molecule has 0 heterocycles. The van der Waals surface area contributed by atoms with E-state index in [0.29, 0.717) is 11.5 Å². The molecule has 0 radical (unpaired) electrons. The van der Waals surface area contributed by atoms with E-state index in [1.807, 2.05) is 45.0 Å². The Morgan fingerprint density at radius 1 is 1.04 bits per heavy atom. The van der Waals surface area contributed by atoms with E-state index < -0.39 is 5.60 Å². The van der Waals surface area contributed by atoms with Gasteiger partial charge in [0.15, 0.2) is 5.78 Å². The summed E-state index contributed by atoms with van der Waals surface area (Å²) < 4.78 is 0. The van der Waals surface area contributed by atoms with Crippen LogP contribution in [-0.4, -0.2) is 16.5 Å². The van der Waals surface area contributed by atoms with Gasteiger partial charge in [-0.25, -0.2) is 0 Å². The van der Waals surface area contributed by atoms with Crippen molar-refractivity contribution in [1.82, 2.24) is 0 Å². The first-order valence-electron chi connectivity index (χ1n) is 8.66. The molecule has 0 amide bonds. The second kappa shape index (κ2) is 6.24. The van der Waals surface area contributed by atoms with Crippen LogP contribution >= 0.6 is 0 Å². The number of carbonyl (C=O) groups is 1. The molecular formula is C21H30O2. The van der Waals surface area contributed by atoms with Gasteiger partial charge in [0, 0.05) is 11.5 Å². The molecule has 1 aliphatic rings. The highest BCUT2D eigenvalue weighted by Crippen LogP contribution is 2.46. The van der Waals surface area contributed by atoms with Gasteiger partial charge in [-0.3, -0.25) is 4.79 Å². The average molecular weight is 314 g/mol. The summed E-state index contributed by atoms with van der Waals surface area (Å²) in [6.07, 6.45) is 0. The van der Waals surface area contributed by atoms with Gasteiger partial charge in [-0.2, -0.15) is 0 Å². The number of ketones is 1. The molecule has 0 aromatic heterocycles. The summed E-state index contributed by atoms with van der Waals surface area (Å²) in [6.45, 7) is 14.5. The van der Waals surface area contributed by atoms with Crippen LogP contribution in [0.2, 0.25) is 0 Å². The third-order valence-corrected chi connectivity index (χ3v) is 6.26. The summed E-state index contributed by atoms with van der Waals surface area (Å²) in [6, 6.07) is 7.72. The van der Waals surface area contributed by atoms with Crippen LogP contribution in [0.15, 0.2) is 35.4 Å². The molecular weight excluding hydrogens is 284 g/mol. The number of allylic oxidation sites excluding steroid dienone is 1. The van der Waals surface area contributed by atoms with Crippen molar-refractivity contribution in [2.45, 2.75) is 60.0 Å². The van der Waals surface area contributed by atoms with Crippen LogP contribution in [0.1, 0.15) is 70.3 Å². The lowest BCUT2D eigenvalue weighted by molar-refractivity contribution is -0.0419. The maximum Gasteiger partial charge on any atom is 0.195 e. The van der Waals surface area contributed by atoms with Gasteiger partial charge >= 0.3 is 0 Å². The monoisotopic (exact) mass is 314 g/mol. The zero-order valence-corrected chi connectivity index (χ0v) is 15.5. The van der Waals surface area contributed by atoms with Crippen LogP contribution in [0.25, 0.3) is 0 Å². The van der Waals surface area contributed by atoms with E-state index in [4.69, 9.17) is 0 Å². The predicted molar refractivity (Wildman–Crippen MR) is 95.7 cm³/mol. The molecule has 0 bridgehead atoms. The highest BCUT2D eigenvalue weighted by Gasteiger charge is 2.51. The van der Waals surface area contributed by atoms with Crippen molar-refractivity contribution in [3.05, 3.63) is 46.5 Å². The number of hydrogen-bond donors (Lipinski definition) is 1. The topological polar surface area (TPSA) is 37.3 Å². The Bertz CT molecular complexity index is 624. The third-order valence-electron chi connectivity index (χ3n) is 6.26. The fourth-order valence-corrected chi connectivity index (χ4v) is 3.84. The van der Waals surface area contributed by atoms with Crippen molar-refractivity contribution in [1.29, 1.82) is 0 Å². The smallest absolute Gasteiger partial charge is 0.195 e. The van der Waals surface area contributed by atoms with Crippen molar-refractivity contribution in [3.8, 4) is 0 Å². The molecule has 2 nitrogen and oxygen atoms in total. The molecule has 23 heavy (non-hydrogen) atoms. The minimum absolute atomic E-state index is 0.0986. The van der Waals surface area contributed by atoms with Gasteiger partial charge in [-0.15, -0.1) is 0 Å². The molecule has 4 unspecified atom stereocenters. The van der Waals surface area contributed by atoms with Crippen molar-refractivity contribution >= 4 is 5.78 Å². The zero-order chi connectivity index (χ0) is 17.5. The lowest BCUT2D eigenvalue weighted by Crippen LogP contribution is -2.55. The number of benzene rings is 1. The first-order chi connectivity index (χ1) is 10.6. The zero-order valence-electron chi connectivity index (χ0n) is 15.5. The van der Waals surface area contributed by atoms with Crippen LogP contribution in [0.3, 0.4) is 0 Å². The van der Waals surface area contributed by atoms with Crippen LogP contribution in [-0.2, 0) is 0 Å². The standard InChI is InChI=1S/C21H30O2/c1-12(2)18-8-10-19(11-9-18)20(22)21(23)16(6)14(4)13(3)15(5)17(21)7/h8-12,14,16-17,23H,1-7H3. The van der Waals surface area contributed by atoms with Crippen LogP contribution in [0, 0.1) is 17.8 Å². The summed E-state index contributed by atoms with van der Waals surface area (Å²) in [4.78, 5) is 13.1. The Balaban J connectivity index is 2.44. The maximum absolute atomic E-state index is 13.1. The number of carbonyl (C=O) groups excluding carboxylic acids is 1. The van der Waals surface area contributed by atoms with E-state index in [9.17, 15) is 9.90 Å². The van der Waals surface area contributed by atoms with Crippen molar-refractivity contribution in [2.75, 3.05) is 0 Å². The minimum atomic E-state index is -1.33. The third kappa shape index (κ3) is 2.78. The van der Waals surface area contributed by atoms with Gasteiger partial charge in [0.2, 0.25) is 0 Å². The van der Waals surface area contributed by atoms with Crippen molar-refractivity contribution < 1.29 is 9.90 Å². The molecule has 1 aromatic rings. The second-order valence-corrected chi connectivity index (χ2v) is 7.60. The molecule has 0 saturated carbocycles. The largest absolute Gasteiger partial charge is 0.381 e. The predicted octanol–water partition coefficient (Wildman–Crippen LogP) is 4.98. The number of rotatable bonds is 3. The Kier molecular flexibility index (Phi) is 4.86. The number of aliphatic hydroxyl groups is 1. The summed E-state index contributed by atoms with van der Waals surface area (Å²) in [5.74, 6) is 0.230. The summed E-state index contributed by atoms with van der Waals surface area (Å²) in [7, 11) is 0. The fourth-order valence-electron chi connectivity index (χ4n) is 3.84. The maximum atomic E-state index is 13.1. The van der Waals surface area contributed by atoms with E-state index in [2.05, 4.69) is 27.7 Å². The molecule has 1 N–H and O–H groups in total. The van der Waals surface area contributed by atoms with Crippen molar-refractivity contribution in [3.63, 3.8) is 0 Å².